The number of carbonyl (C=O) groups is 1. The fraction of sp³-hybridized carbons (Fsp3) is 0.158. The van der Waals surface area contributed by atoms with Crippen molar-refractivity contribution in [2.45, 2.75) is 6.42 Å². The van der Waals surface area contributed by atoms with Gasteiger partial charge in [0, 0.05) is 6.42 Å². The monoisotopic (exact) mass is 398 g/mol. The van der Waals surface area contributed by atoms with E-state index in [2.05, 4.69) is 15.3 Å². The zero-order chi connectivity index (χ0) is 19.9. The van der Waals surface area contributed by atoms with E-state index in [1.165, 1.54) is 0 Å². The fourth-order valence-electron chi connectivity index (χ4n) is 2.40. The molecule has 2 N–H and O–H groups in total. The van der Waals surface area contributed by atoms with Crippen LogP contribution < -0.4 is 9.47 Å². The Balaban J connectivity index is 1.72. The van der Waals surface area contributed by atoms with Crippen LogP contribution >= 0.6 is 12.2 Å². The minimum atomic E-state index is -1.02. The average Bonchev–Trinajstić information content (AvgIpc) is 3.05. The Kier molecular flexibility index (Phi) is 6.18. The van der Waals surface area contributed by atoms with Crippen molar-refractivity contribution in [3.63, 3.8) is 0 Å². The molecule has 1 aromatic heterocycles. The number of carboxylic acids is 1. The third-order valence-corrected chi connectivity index (χ3v) is 4.07. The molecule has 0 fully saturated rings. The van der Waals surface area contributed by atoms with Gasteiger partial charge in [-0.15, -0.1) is 0 Å². The SMILES string of the molecule is COc1ccc(Cc2n[nH]c(=S)n2/N=C\c2ccc(OCC(=O)O)cc2)cc1. The second-order valence-electron chi connectivity index (χ2n) is 5.78. The Labute approximate surface area is 166 Å². The molecule has 0 bridgehead atoms. The molecule has 3 aromatic rings. The van der Waals surface area contributed by atoms with Gasteiger partial charge in [-0.1, -0.05) is 12.1 Å². The third-order valence-electron chi connectivity index (χ3n) is 3.80. The van der Waals surface area contributed by atoms with Crippen molar-refractivity contribution in [2.75, 3.05) is 13.7 Å². The molecule has 2 aromatic carbocycles. The second kappa shape index (κ2) is 8.96. The van der Waals surface area contributed by atoms with E-state index in [0.717, 1.165) is 16.9 Å². The van der Waals surface area contributed by atoms with Gasteiger partial charge in [-0.3, -0.25) is 5.10 Å². The van der Waals surface area contributed by atoms with Crippen molar-refractivity contribution < 1.29 is 19.4 Å². The van der Waals surface area contributed by atoms with E-state index in [1.54, 1.807) is 42.3 Å². The van der Waals surface area contributed by atoms with Gasteiger partial charge in [0.15, 0.2) is 12.4 Å². The molecule has 0 amide bonds. The first-order valence-corrected chi connectivity index (χ1v) is 8.74. The molecule has 0 saturated carbocycles. The van der Waals surface area contributed by atoms with Crippen molar-refractivity contribution in [1.82, 2.24) is 14.9 Å². The van der Waals surface area contributed by atoms with Crippen molar-refractivity contribution in [1.29, 1.82) is 0 Å². The Morgan fingerprint density at radius 2 is 1.89 bits per heavy atom. The Morgan fingerprint density at radius 1 is 1.21 bits per heavy atom. The van der Waals surface area contributed by atoms with Crippen LogP contribution in [-0.4, -0.2) is 45.9 Å². The van der Waals surface area contributed by atoms with Crippen molar-refractivity contribution in [2.24, 2.45) is 5.10 Å². The number of rotatable bonds is 8. The number of hydrogen-bond donors (Lipinski definition) is 2. The number of aromatic nitrogens is 3. The Morgan fingerprint density at radius 3 is 2.54 bits per heavy atom. The van der Waals surface area contributed by atoms with Crippen LogP contribution in [0.2, 0.25) is 0 Å². The first-order valence-electron chi connectivity index (χ1n) is 8.33. The first-order chi connectivity index (χ1) is 13.5. The Bertz CT molecular complexity index is 1020. The number of nitrogens with one attached hydrogen (secondary N) is 1. The molecule has 0 unspecified atom stereocenters. The zero-order valence-electron chi connectivity index (χ0n) is 15.0. The largest absolute Gasteiger partial charge is 0.497 e. The van der Waals surface area contributed by atoms with Gasteiger partial charge in [0.05, 0.1) is 13.3 Å². The summed E-state index contributed by atoms with van der Waals surface area (Å²) in [6, 6.07) is 14.6. The minimum absolute atomic E-state index is 0.383. The van der Waals surface area contributed by atoms with Crippen molar-refractivity contribution >= 4 is 24.4 Å². The van der Waals surface area contributed by atoms with Crippen LogP contribution in [0.15, 0.2) is 53.6 Å². The molecule has 8 nitrogen and oxygen atoms in total. The molecule has 0 saturated heterocycles. The summed E-state index contributed by atoms with van der Waals surface area (Å²) in [6.07, 6.45) is 2.19. The summed E-state index contributed by atoms with van der Waals surface area (Å²) in [6.45, 7) is -0.383. The van der Waals surface area contributed by atoms with Crippen LogP contribution in [0.25, 0.3) is 0 Å². The van der Waals surface area contributed by atoms with Gasteiger partial charge < -0.3 is 14.6 Å². The molecule has 0 spiro atoms. The second-order valence-corrected chi connectivity index (χ2v) is 6.16. The summed E-state index contributed by atoms with van der Waals surface area (Å²) in [5, 5.41) is 20.0. The fourth-order valence-corrected chi connectivity index (χ4v) is 2.60. The number of carboxylic acid groups (broad SMARTS) is 1. The molecule has 0 radical (unpaired) electrons. The lowest BCUT2D eigenvalue weighted by Crippen LogP contribution is -2.09. The number of benzene rings is 2. The molecule has 1 heterocycles. The lowest BCUT2D eigenvalue weighted by Gasteiger charge is -2.04. The topological polar surface area (TPSA) is 102 Å². The lowest BCUT2D eigenvalue weighted by atomic mass is 10.1. The zero-order valence-corrected chi connectivity index (χ0v) is 15.8. The van der Waals surface area contributed by atoms with Gasteiger partial charge in [0.1, 0.15) is 11.5 Å². The van der Waals surface area contributed by atoms with Gasteiger partial charge in [0.25, 0.3) is 0 Å². The number of methoxy groups -OCH3 is 1. The average molecular weight is 398 g/mol. The maximum atomic E-state index is 10.5. The first kappa shape index (κ1) is 19.3. The van der Waals surface area contributed by atoms with Crippen LogP contribution in [0.5, 0.6) is 11.5 Å². The third kappa shape index (κ3) is 5.04. The molecular formula is C19H18N4O4S. The molecule has 0 aliphatic carbocycles. The van der Waals surface area contributed by atoms with E-state index < -0.39 is 5.97 Å². The molecule has 0 aliphatic rings. The van der Waals surface area contributed by atoms with E-state index in [0.29, 0.717) is 22.8 Å². The molecule has 9 heteroatoms. The predicted octanol–water partition coefficient (Wildman–Crippen LogP) is 2.89. The number of nitrogens with zero attached hydrogens (tertiary/aromatic N) is 3. The minimum Gasteiger partial charge on any atom is -0.497 e. The summed E-state index contributed by atoms with van der Waals surface area (Å²) in [4.78, 5) is 10.5. The normalized spacial score (nSPS) is 10.9. The summed E-state index contributed by atoms with van der Waals surface area (Å²) >= 11 is 5.26. The maximum absolute atomic E-state index is 10.5. The van der Waals surface area contributed by atoms with E-state index in [4.69, 9.17) is 26.8 Å². The lowest BCUT2D eigenvalue weighted by molar-refractivity contribution is -0.139. The number of aliphatic carboxylic acids is 1. The van der Waals surface area contributed by atoms with E-state index >= 15 is 0 Å². The molecule has 0 atom stereocenters. The molecule has 28 heavy (non-hydrogen) atoms. The highest BCUT2D eigenvalue weighted by molar-refractivity contribution is 7.71. The highest BCUT2D eigenvalue weighted by Crippen LogP contribution is 2.15. The van der Waals surface area contributed by atoms with Crippen LogP contribution in [0.3, 0.4) is 0 Å². The van der Waals surface area contributed by atoms with Crippen LogP contribution in [0, 0.1) is 4.77 Å². The van der Waals surface area contributed by atoms with Gasteiger partial charge >= 0.3 is 5.97 Å². The molecule has 3 rings (SSSR count). The summed E-state index contributed by atoms with van der Waals surface area (Å²) < 4.78 is 12.2. The number of aromatic amines is 1. The van der Waals surface area contributed by atoms with Gasteiger partial charge in [0.2, 0.25) is 4.77 Å². The van der Waals surface area contributed by atoms with Crippen LogP contribution in [0.4, 0.5) is 0 Å². The van der Waals surface area contributed by atoms with Crippen LogP contribution in [0.1, 0.15) is 17.0 Å². The van der Waals surface area contributed by atoms with Gasteiger partial charge in [-0.25, -0.2) is 4.79 Å². The van der Waals surface area contributed by atoms with E-state index in [1.807, 2.05) is 24.3 Å². The van der Waals surface area contributed by atoms with Crippen LogP contribution in [-0.2, 0) is 11.2 Å². The van der Waals surface area contributed by atoms with Crippen molar-refractivity contribution in [3.05, 3.63) is 70.3 Å². The van der Waals surface area contributed by atoms with Gasteiger partial charge in [-0.05, 0) is 59.7 Å². The summed E-state index contributed by atoms with van der Waals surface area (Å²) in [7, 11) is 1.62. The highest BCUT2D eigenvalue weighted by atomic mass is 32.1. The van der Waals surface area contributed by atoms with E-state index in [-0.39, 0.29) is 6.61 Å². The highest BCUT2D eigenvalue weighted by Gasteiger charge is 2.07. The quantitative estimate of drug-likeness (QED) is 0.447. The Hall–Kier alpha value is -3.46. The smallest absolute Gasteiger partial charge is 0.341 e. The summed E-state index contributed by atoms with van der Waals surface area (Å²) in [5.74, 6) is 0.910. The predicted molar refractivity (Wildman–Crippen MR) is 106 cm³/mol. The number of H-pyrrole nitrogens is 1. The molecule has 0 aliphatic heterocycles. The summed E-state index contributed by atoms with van der Waals surface area (Å²) in [5.41, 5.74) is 1.85. The van der Waals surface area contributed by atoms with E-state index in [9.17, 15) is 4.79 Å². The maximum Gasteiger partial charge on any atom is 0.341 e. The standard InChI is InChI=1S/C19H18N4O4S/c1-26-15-6-2-13(3-7-15)10-17-21-22-19(28)23(17)20-11-14-4-8-16(9-5-14)27-12-18(24)25/h2-9,11H,10,12H2,1H3,(H,22,28)(H,24,25)/b20-11-. The number of ether oxygens (including phenoxy) is 2. The molecule has 144 valence electrons. The van der Waals surface area contributed by atoms with Gasteiger partial charge in [-0.2, -0.15) is 14.9 Å². The van der Waals surface area contributed by atoms with Crippen molar-refractivity contribution in [3.8, 4) is 11.5 Å². The number of hydrogen-bond acceptors (Lipinski definition) is 6. The molecular weight excluding hydrogens is 380 g/mol.